The van der Waals surface area contributed by atoms with E-state index in [1.807, 2.05) is 0 Å². The third-order valence-electron chi connectivity index (χ3n) is 1.73. The van der Waals surface area contributed by atoms with Crippen LogP contribution in [0.25, 0.3) is 0 Å². The SMILES string of the molecule is CP(C)(=[Se])c1c(F)c(F)c(F)c(F)c1F. The Morgan fingerprint density at radius 1 is 0.733 bits per heavy atom. The molecule has 0 N–H and O–H groups in total. The fraction of sp³-hybridized carbons (Fsp3) is 0.250. The van der Waals surface area contributed by atoms with E-state index in [1.54, 1.807) is 0 Å². The molecule has 0 aliphatic rings. The molecule has 0 aliphatic carbocycles. The standard InChI is InChI=1S/C8H6F5PSe/c1-14(2,15)8-6(12)4(10)3(9)5(11)7(8)13/h1-2H3. The van der Waals surface area contributed by atoms with Gasteiger partial charge in [-0.1, -0.05) is 0 Å². The van der Waals surface area contributed by atoms with Crippen LogP contribution in [0.5, 0.6) is 0 Å². The first kappa shape index (κ1) is 12.9. The second-order valence-electron chi connectivity index (χ2n) is 3.27. The zero-order chi connectivity index (χ0) is 12.0. The van der Waals surface area contributed by atoms with Gasteiger partial charge >= 0.3 is 90.3 Å². The van der Waals surface area contributed by atoms with E-state index in [9.17, 15) is 22.0 Å². The Morgan fingerprint density at radius 3 is 1.27 bits per heavy atom. The molecule has 1 aromatic carbocycles. The maximum absolute atomic E-state index is 13.2. The summed E-state index contributed by atoms with van der Waals surface area (Å²) in [5.74, 6) is -9.41. The van der Waals surface area contributed by atoms with Crippen molar-refractivity contribution in [2.24, 2.45) is 0 Å². The Kier molecular flexibility index (Phi) is 3.44. The molecule has 0 spiro atoms. The van der Waals surface area contributed by atoms with E-state index in [0.29, 0.717) is 0 Å². The first-order chi connectivity index (χ1) is 6.68. The molecule has 7 heteroatoms. The zero-order valence-electron chi connectivity index (χ0n) is 7.75. The Labute approximate surface area is 90.7 Å². The van der Waals surface area contributed by atoms with Gasteiger partial charge in [-0.3, -0.25) is 0 Å². The molecule has 0 saturated heterocycles. The number of hydrogen-bond donors (Lipinski definition) is 0. The molecule has 0 amide bonds. The molecule has 1 aromatic rings. The Balaban J connectivity index is 3.76. The fourth-order valence-electron chi connectivity index (χ4n) is 1.07. The number of rotatable bonds is 1. The summed E-state index contributed by atoms with van der Waals surface area (Å²) in [7, 11) is 0. The van der Waals surface area contributed by atoms with Gasteiger partial charge in [-0.25, -0.2) is 0 Å². The van der Waals surface area contributed by atoms with Gasteiger partial charge in [0.25, 0.3) is 0 Å². The van der Waals surface area contributed by atoms with Crippen LogP contribution in [-0.2, 0) is 0 Å². The van der Waals surface area contributed by atoms with Gasteiger partial charge in [0, 0.05) is 0 Å². The average molecular weight is 307 g/mol. The van der Waals surface area contributed by atoms with Crippen LogP contribution in [0.4, 0.5) is 22.0 Å². The molecule has 1 rings (SSSR count). The summed E-state index contributed by atoms with van der Waals surface area (Å²) in [5, 5.41) is -0.737. The van der Waals surface area contributed by atoms with Crippen LogP contribution in [0.15, 0.2) is 0 Å². The molecule has 0 unspecified atom stereocenters. The predicted molar refractivity (Wildman–Crippen MR) is 50.4 cm³/mol. The van der Waals surface area contributed by atoms with Crippen molar-refractivity contribution in [1.82, 2.24) is 0 Å². The van der Waals surface area contributed by atoms with Gasteiger partial charge in [0.1, 0.15) is 0 Å². The fourth-order valence-corrected chi connectivity index (χ4v) is 3.22. The van der Waals surface area contributed by atoms with Crippen LogP contribution in [0.1, 0.15) is 0 Å². The first-order valence-corrected chi connectivity index (χ1v) is 8.65. The van der Waals surface area contributed by atoms with E-state index >= 15 is 0 Å². The van der Waals surface area contributed by atoms with Crippen molar-refractivity contribution in [2.75, 3.05) is 13.3 Å². The van der Waals surface area contributed by atoms with E-state index in [4.69, 9.17) is 0 Å². The monoisotopic (exact) mass is 308 g/mol. The molecular weight excluding hydrogens is 301 g/mol. The van der Waals surface area contributed by atoms with Crippen molar-refractivity contribution in [3.63, 3.8) is 0 Å². The number of hydrogen-bond acceptors (Lipinski definition) is 0. The van der Waals surface area contributed by atoms with E-state index in [0.717, 1.165) is 0 Å². The normalized spacial score (nSPS) is 11.9. The van der Waals surface area contributed by atoms with Gasteiger partial charge in [0.05, 0.1) is 0 Å². The quantitative estimate of drug-likeness (QED) is 0.246. The molecule has 0 aliphatic heterocycles. The minimum atomic E-state index is -2.44. The average Bonchev–Trinajstić information content (AvgIpc) is 2.09. The molecule has 15 heavy (non-hydrogen) atoms. The van der Waals surface area contributed by atoms with Gasteiger partial charge in [0.15, 0.2) is 0 Å². The molecule has 0 fully saturated rings. The van der Waals surface area contributed by atoms with Gasteiger partial charge in [0.2, 0.25) is 0 Å². The summed E-state index contributed by atoms with van der Waals surface area (Å²) in [4.78, 5) is 0. The Hall–Kier alpha value is -0.181. The van der Waals surface area contributed by atoms with Gasteiger partial charge in [-0.05, 0) is 0 Å². The van der Waals surface area contributed by atoms with Crippen LogP contribution in [0.2, 0.25) is 0 Å². The van der Waals surface area contributed by atoms with Gasteiger partial charge < -0.3 is 0 Å². The zero-order valence-corrected chi connectivity index (χ0v) is 10.4. The third kappa shape index (κ3) is 2.17. The van der Waals surface area contributed by atoms with Crippen molar-refractivity contribution >= 4 is 25.9 Å². The topological polar surface area (TPSA) is 0 Å². The van der Waals surface area contributed by atoms with Crippen molar-refractivity contribution in [2.45, 2.75) is 0 Å². The summed E-state index contributed by atoms with van der Waals surface area (Å²) in [6.07, 6.45) is 0. The third-order valence-corrected chi connectivity index (χ3v) is 4.34. The maximum atomic E-state index is 13.2. The molecule has 84 valence electrons. The van der Waals surface area contributed by atoms with Crippen molar-refractivity contribution in [3.8, 4) is 0 Å². The Bertz CT molecular complexity index is 436. The first-order valence-electron chi connectivity index (χ1n) is 3.75. The summed E-state index contributed by atoms with van der Waals surface area (Å²) in [5.41, 5.74) is -2.44. The van der Waals surface area contributed by atoms with Crippen LogP contribution >= 0.6 is 5.51 Å². The summed E-state index contributed by atoms with van der Waals surface area (Å²) >= 11 is 2.46. The van der Waals surface area contributed by atoms with Crippen LogP contribution in [0, 0.1) is 29.1 Å². The molecule has 0 bridgehead atoms. The van der Waals surface area contributed by atoms with Crippen LogP contribution in [0.3, 0.4) is 0 Å². The van der Waals surface area contributed by atoms with Crippen molar-refractivity contribution < 1.29 is 22.0 Å². The van der Waals surface area contributed by atoms with E-state index < -0.39 is 39.9 Å². The second-order valence-corrected chi connectivity index (χ2v) is 12.2. The molecule has 0 saturated carbocycles. The molecular formula is C8H6F5PSe. The summed E-state index contributed by atoms with van der Waals surface area (Å²) in [6, 6.07) is 0. The predicted octanol–water partition coefficient (Wildman–Crippen LogP) is 2.37. The molecule has 0 aromatic heterocycles. The molecule has 0 atom stereocenters. The Morgan fingerprint density at radius 2 is 1.00 bits per heavy atom. The summed E-state index contributed by atoms with van der Waals surface area (Å²) < 4.78 is 64.6. The van der Waals surface area contributed by atoms with Gasteiger partial charge in [-0.15, -0.1) is 0 Å². The molecule has 0 radical (unpaired) electrons. The summed E-state index contributed by atoms with van der Waals surface area (Å²) in [6.45, 7) is 2.84. The second kappa shape index (κ2) is 4.00. The van der Waals surface area contributed by atoms with Gasteiger partial charge in [-0.2, -0.15) is 0 Å². The molecule has 0 heterocycles. The van der Waals surface area contributed by atoms with Crippen molar-refractivity contribution in [3.05, 3.63) is 29.1 Å². The van der Waals surface area contributed by atoms with Crippen LogP contribution < -0.4 is 5.30 Å². The number of halogens is 5. The minimum absolute atomic E-state index is 0.737. The molecule has 0 nitrogen and oxygen atoms in total. The van der Waals surface area contributed by atoms with Crippen molar-refractivity contribution in [1.29, 1.82) is 0 Å². The van der Waals surface area contributed by atoms with E-state index in [2.05, 4.69) is 15.1 Å². The van der Waals surface area contributed by atoms with E-state index in [-0.39, 0.29) is 0 Å². The number of benzene rings is 1. The van der Waals surface area contributed by atoms with Crippen LogP contribution in [-0.4, -0.2) is 28.4 Å². The van der Waals surface area contributed by atoms with E-state index in [1.165, 1.54) is 13.3 Å².